The lowest BCUT2D eigenvalue weighted by Crippen LogP contribution is -2.42. The molecule has 1 aromatic heterocycles. The highest BCUT2D eigenvalue weighted by Crippen LogP contribution is 2.41. The molecule has 158 valence electrons. The Morgan fingerprint density at radius 1 is 1.03 bits per heavy atom. The number of nitrogens with zero attached hydrogens (tertiary/aromatic N) is 1. The number of pyridine rings is 1. The molecule has 30 heavy (non-hydrogen) atoms. The van der Waals surface area contributed by atoms with E-state index in [4.69, 9.17) is 9.47 Å². The van der Waals surface area contributed by atoms with Crippen LogP contribution in [0, 0.1) is 6.92 Å². The number of ether oxygens (including phenoxy) is 2. The van der Waals surface area contributed by atoms with E-state index in [-0.39, 0.29) is 12.1 Å². The van der Waals surface area contributed by atoms with Crippen LogP contribution in [0.25, 0.3) is 10.9 Å². The first-order valence-electron chi connectivity index (χ1n) is 9.58. The number of hydrogen-bond acceptors (Lipinski definition) is 5. The predicted octanol–water partition coefficient (Wildman–Crippen LogP) is 2.76. The molecule has 1 aliphatic rings. The number of nitrogens with one attached hydrogen (secondary N) is 1. The summed E-state index contributed by atoms with van der Waals surface area (Å²) >= 11 is 0. The standard InChI is InChI=1S/C22H24N2O5S/c1-13-5-6-18-15(9-13)10-17(22(25)23-18)21-16-12-20(29-3)19(28-2)11-14(16)7-8-24(21)30(4,26)27/h5-6,9-12,21H,7-8H2,1-4H3,(H,23,25)/t21-/m0/s1. The predicted molar refractivity (Wildman–Crippen MR) is 116 cm³/mol. The summed E-state index contributed by atoms with van der Waals surface area (Å²) in [6.07, 6.45) is 1.69. The van der Waals surface area contributed by atoms with Gasteiger partial charge in [-0.15, -0.1) is 0 Å². The van der Waals surface area contributed by atoms with E-state index in [1.165, 1.54) is 17.7 Å². The molecule has 0 amide bonds. The van der Waals surface area contributed by atoms with Crippen molar-refractivity contribution in [1.29, 1.82) is 0 Å². The molecule has 8 heteroatoms. The summed E-state index contributed by atoms with van der Waals surface area (Å²) in [6, 6.07) is 10.4. The van der Waals surface area contributed by atoms with Crippen molar-refractivity contribution in [2.75, 3.05) is 27.0 Å². The van der Waals surface area contributed by atoms with Gasteiger partial charge in [0.15, 0.2) is 11.5 Å². The fourth-order valence-electron chi connectivity index (χ4n) is 4.15. The van der Waals surface area contributed by atoms with Crippen molar-refractivity contribution in [3.8, 4) is 11.5 Å². The number of rotatable bonds is 4. The van der Waals surface area contributed by atoms with Gasteiger partial charge >= 0.3 is 0 Å². The molecule has 0 saturated carbocycles. The third-order valence-corrected chi connectivity index (χ3v) is 6.82. The molecule has 4 rings (SSSR count). The Morgan fingerprint density at radius 2 is 1.73 bits per heavy atom. The number of aromatic amines is 1. The number of hydrogen-bond donors (Lipinski definition) is 1. The van der Waals surface area contributed by atoms with E-state index in [0.717, 1.165) is 22.1 Å². The molecule has 3 aromatic rings. The van der Waals surface area contributed by atoms with Crippen molar-refractivity contribution in [2.24, 2.45) is 0 Å². The van der Waals surface area contributed by atoms with Crippen LogP contribution in [-0.2, 0) is 16.4 Å². The Balaban J connectivity index is 2.01. The lowest BCUT2D eigenvalue weighted by atomic mass is 9.89. The minimum atomic E-state index is -3.57. The number of sulfonamides is 1. The Labute approximate surface area is 175 Å². The van der Waals surface area contributed by atoms with E-state index in [2.05, 4.69) is 4.98 Å². The average Bonchev–Trinajstić information content (AvgIpc) is 2.71. The topological polar surface area (TPSA) is 88.7 Å². The van der Waals surface area contributed by atoms with Crippen LogP contribution >= 0.6 is 0 Å². The molecular formula is C22H24N2O5S. The summed E-state index contributed by atoms with van der Waals surface area (Å²) in [5.74, 6) is 1.07. The SMILES string of the molecule is COc1cc2c(cc1OC)[C@@H](c1cc3cc(C)ccc3[nH]c1=O)N(S(C)(=O)=O)CC2. The number of fused-ring (bicyclic) bond motifs is 2. The van der Waals surface area contributed by atoms with E-state index >= 15 is 0 Å². The van der Waals surface area contributed by atoms with Crippen LogP contribution in [0.15, 0.2) is 41.2 Å². The summed E-state index contributed by atoms with van der Waals surface area (Å²) in [5, 5.41) is 0.852. The number of methoxy groups -OCH3 is 2. The lowest BCUT2D eigenvalue weighted by Gasteiger charge is -2.36. The molecule has 2 heterocycles. The zero-order valence-electron chi connectivity index (χ0n) is 17.4. The zero-order valence-corrected chi connectivity index (χ0v) is 18.2. The molecule has 0 fully saturated rings. The van der Waals surface area contributed by atoms with Crippen molar-refractivity contribution in [1.82, 2.24) is 9.29 Å². The Morgan fingerprint density at radius 3 is 2.40 bits per heavy atom. The van der Waals surface area contributed by atoms with Crippen LogP contribution < -0.4 is 15.0 Å². The third-order valence-electron chi connectivity index (χ3n) is 5.58. The molecule has 1 N–H and O–H groups in total. The van der Waals surface area contributed by atoms with Crippen LogP contribution in [0.5, 0.6) is 11.5 Å². The Kier molecular flexibility index (Phi) is 5.07. The van der Waals surface area contributed by atoms with Gasteiger partial charge in [-0.05, 0) is 60.2 Å². The smallest absolute Gasteiger partial charge is 0.253 e. The number of benzene rings is 2. The normalized spacial score (nSPS) is 17.0. The van der Waals surface area contributed by atoms with Gasteiger partial charge in [-0.1, -0.05) is 11.6 Å². The first-order valence-corrected chi connectivity index (χ1v) is 11.4. The average molecular weight is 429 g/mol. The van der Waals surface area contributed by atoms with Crippen LogP contribution in [0.1, 0.15) is 28.3 Å². The fourth-order valence-corrected chi connectivity index (χ4v) is 5.18. The fraction of sp³-hybridized carbons (Fsp3) is 0.318. The van der Waals surface area contributed by atoms with E-state index in [1.807, 2.05) is 31.2 Å². The zero-order chi connectivity index (χ0) is 21.6. The highest BCUT2D eigenvalue weighted by molar-refractivity contribution is 7.88. The lowest BCUT2D eigenvalue weighted by molar-refractivity contribution is 0.332. The third kappa shape index (κ3) is 3.46. The second kappa shape index (κ2) is 7.45. The van der Waals surface area contributed by atoms with Gasteiger partial charge < -0.3 is 14.5 Å². The molecule has 1 atom stereocenters. The van der Waals surface area contributed by atoms with Crippen molar-refractivity contribution >= 4 is 20.9 Å². The molecule has 0 unspecified atom stereocenters. The molecule has 1 aliphatic heterocycles. The largest absolute Gasteiger partial charge is 0.493 e. The maximum Gasteiger partial charge on any atom is 0.253 e. The summed E-state index contributed by atoms with van der Waals surface area (Å²) < 4.78 is 37.5. The van der Waals surface area contributed by atoms with Crippen molar-refractivity contribution in [3.63, 3.8) is 0 Å². The molecule has 7 nitrogen and oxygen atoms in total. The molecule has 0 aliphatic carbocycles. The maximum atomic E-state index is 13.0. The van der Waals surface area contributed by atoms with Crippen molar-refractivity contribution < 1.29 is 17.9 Å². The van der Waals surface area contributed by atoms with Gasteiger partial charge in [-0.2, -0.15) is 4.31 Å². The maximum absolute atomic E-state index is 13.0. The minimum absolute atomic E-state index is 0.275. The number of aromatic nitrogens is 1. The Bertz CT molecular complexity index is 1300. The molecular weight excluding hydrogens is 404 g/mol. The molecule has 0 saturated heterocycles. The van der Waals surface area contributed by atoms with Crippen LogP contribution in [0.2, 0.25) is 0 Å². The first kappa shape index (κ1) is 20.4. The summed E-state index contributed by atoms with van der Waals surface area (Å²) in [4.78, 5) is 15.9. The molecule has 0 bridgehead atoms. The quantitative estimate of drug-likeness (QED) is 0.690. The van der Waals surface area contributed by atoms with Gasteiger partial charge in [0, 0.05) is 17.6 Å². The van der Waals surface area contributed by atoms with Gasteiger partial charge in [0.1, 0.15) is 0 Å². The second-order valence-electron chi connectivity index (χ2n) is 7.58. The number of aryl methyl sites for hydroxylation is 1. The second-order valence-corrected chi connectivity index (χ2v) is 9.51. The van der Waals surface area contributed by atoms with Crippen LogP contribution in [0.3, 0.4) is 0 Å². The van der Waals surface area contributed by atoms with Gasteiger partial charge in [-0.3, -0.25) is 4.79 Å². The minimum Gasteiger partial charge on any atom is -0.493 e. The summed E-state index contributed by atoms with van der Waals surface area (Å²) in [5.41, 5.74) is 3.49. The highest BCUT2D eigenvalue weighted by atomic mass is 32.2. The van der Waals surface area contributed by atoms with Crippen molar-refractivity contribution in [2.45, 2.75) is 19.4 Å². The van der Waals surface area contributed by atoms with E-state index in [9.17, 15) is 13.2 Å². The molecule has 0 radical (unpaired) electrons. The van der Waals surface area contributed by atoms with Crippen molar-refractivity contribution in [3.05, 3.63) is 69.0 Å². The van der Waals surface area contributed by atoms with Crippen LogP contribution in [-0.4, -0.2) is 44.7 Å². The number of H-pyrrole nitrogens is 1. The van der Waals surface area contributed by atoms with Gasteiger partial charge in [0.25, 0.3) is 5.56 Å². The molecule has 2 aromatic carbocycles. The van der Waals surface area contributed by atoms with E-state index < -0.39 is 16.1 Å². The van der Waals surface area contributed by atoms with Crippen LogP contribution in [0.4, 0.5) is 0 Å². The molecule has 0 spiro atoms. The van der Waals surface area contributed by atoms with Gasteiger partial charge in [-0.25, -0.2) is 8.42 Å². The van der Waals surface area contributed by atoms with Gasteiger partial charge in [0.2, 0.25) is 10.0 Å². The Hall–Kier alpha value is -2.84. The van der Waals surface area contributed by atoms with E-state index in [1.54, 1.807) is 19.2 Å². The monoisotopic (exact) mass is 428 g/mol. The first-order chi connectivity index (χ1) is 14.2. The van der Waals surface area contributed by atoms with E-state index in [0.29, 0.717) is 29.0 Å². The summed E-state index contributed by atoms with van der Waals surface area (Å²) in [6.45, 7) is 2.25. The highest BCUT2D eigenvalue weighted by Gasteiger charge is 2.37. The van der Waals surface area contributed by atoms with Gasteiger partial charge in [0.05, 0.1) is 26.5 Å². The summed E-state index contributed by atoms with van der Waals surface area (Å²) in [7, 11) is -0.482.